The molecule has 0 amide bonds. The van der Waals surface area contributed by atoms with Crippen LogP contribution in [0.2, 0.25) is 0 Å². The highest BCUT2D eigenvalue weighted by Gasteiger charge is 2.13. The lowest BCUT2D eigenvalue weighted by Gasteiger charge is -2.26. The van der Waals surface area contributed by atoms with Crippen LogP contribution in [-0.2, 0) is 4.74 Å². The number of nitrogens with zero attached hydrogens (tertiary/aromatic N) is 4. The van der Waals surface area contributed by atoms with Gasteiger partial charge in [0.1, 0.15) is 5.65 Å². The number of morpholine rings is 1. The smallest absolute Gasteiger partial charge is 0.213 e. The van der Waals surface area contributed by atoms with Crippen LogP contribution in [0.4, 0.5) is 11.6 Å². The lowest BCUT2D eigenvalue weighted by atomic mass is 10.1. The van der Waals surface area contributed by atoms with Gasteiger partial charge in [-0.3, -0.25) is 9.30 Å². The summed E-state index contributed by atoms with van der Waals surface area (Å²) in [6.45, 7) is 5.26. The minimum atomic E-state index is 0.635. The van der Waals surface area contributed by atoms with Gasteiger partial charge in [0.25, 0.3) is 0 Å². The molecule has 5 rings (SSSR count). The van der Waals surface area contributed by atoms with Crippen LogP contribution in [0.25, 0.3) is 16.9 Å². The van der Waals surface area contributed by atoms with Crippen LogP contribution < -0.4 is 14.8 Å². The number of fused-ring (bicyclic) bond motifs is 1. The fourth-order valence-electron chi connectivity index (χ4n) is 4.05. The van der Waals surface area contributed by atoms with Crippen molar-refractivity contribution < 1.29 is 14.2 Å². The van der Waals surface area contributed by atoms with Gasteiger partial charge in [-0.05, 0) is 36.8 Å². The van der Waals surface area contributed by atoms with Crippen LogP contribution in [0.3, 0.4) is 0 Å². The van der Waals surface area contributed by atoms with E-state index in [2.05, 4.69) is 15.2 Å². The number of hydrogen-bond acceptors (Lipinski definition) is 7. The molecule has 8 nitrogen and oxygen atoms in total. The molecule has 0 aliphatic carbocycles. The van der Waals surface area contributed by atoms with Crippen molar-refractivity contribution in [3.05, 3.63) is 67.0 Å². The lowest BCUT2D eigenvalue weighted by molar-refractivity contribution is 0.0357. The van der Waals surface area contributed by atoms with Gasteiger partial charge in [-0.15, -0.1) is 0 Å². The number of aromatic nitrogens is 3. The molecule has 0 spiro atoms. The first-order chi connectivity index (χ1) is 16.8. The highest BCUT2D eigenvalue weighted by atomic mass is 16.5. The molecule has 0 bridgehead atoms. The van der Waals surface area contributed by atoms with Gasteiger partial charge in [-0.2, -0.15) is 0 Å². The molecular weight excluding hydrogens is 430 g/mol. The van der Waals surface area contributed by atoms with Gasteiger partial charge in [-0.25, -0.2) is 9.97 Å². The first-order valence-corrected chi connectivity index (χ1v) is 11.6. The summed E-state index contributed by atoms with van der Waals surface area (Å²) in [4.78, 5) is 11.7. The number of para-hydroxylation sites is 1. The van der Waals surface area contributed by atoms with Crippen LogP contribution in [0.1, 0.15) is 6.42 Å². The second-order valence-corrected chi connectivity index (χ2v) is 8.13. The summed E-state index contributed by atoms with van der Waals surface area (Å²) < 4.78 is 19.0. The highest BCUT2D eigenvalue weighted by Crippen LogP contribution is 2.33. The van der Waals surface area contributed by atoms with Crippen molar-refractivity contribution in [2.24, 2.45) is 0 Å². The van der Waals surface area contributed by atoms with E-state index in [0.717, 1.165) is 67.6 Å². The Bertz CT molecular complexity index is 1220. The Morgan fingerprint density at radius 3 is 2.71 bits per heavy atom. The zero-order chi connectivity index (χ0) is 23.2. The van der Waals surface area contributed by atoms with Gasteiger partial charge in [0.2, 0.25) is 5.95 Å². The summed E-state index contributed by atoms with van der Waals surface area (Å²) in [5.74, 6) is 2.11. The number of imidazole rings is 1. The maximum Gasteiger partial charge on any atom is 0.213 e. The maximum atomic E-state index is 6.04. The van der Waals surface area contributed by atoms with Crippen molar-refractivity contribution >= 4 is 17.3 Å². The van der Waals surface area contributed by atoms with E-state index in [0.29, 0.717) is 18.3 Å². The zero-order valence-corrected chi connectivity index (χ0v) is 19.3. The second kappa shape index (κ2) is 10.5. The summed E-state index contributed by atoms with van der Waals surface area (Å²) in [7, 11) is 1.66. The summed E-state index contributed by atoms with van der Waals surface area (Å²) in [5.41, 5.74) is 3.50. The molecule has 0 radical (unpaired) electrons. The van der Waals surface area contributed by atoms with Gasteiger partial charge in [0.15, 0.2) is 11.5 Å². The maximum absolute atomic E-state index is 6.04. The van der Waals surface area contributed by atoms with E-state index in [1.807, 2.05) is 65.2 Å². The molecule has 1 N–H and O–H groups in total. The monoisotopic (exact) mass is 459 g/mol. The average molecular weight is 460 g/mol. The van der Waals surface area contributed by atoms with Gasteiger partial charge in [0.05, 0.1) is 32.6 Å². The number of anilines is 2. The fraction of sp³-hybridized carbons (Fsp3) is 0.308. The van der Waals surface area contributed by atoms with Crippen LogP contribution in [-0.4, -0.2) is 65.8 Å². The Hall–Kier alpha value is -3.62. The molecule has 176 valence electrons. The van der Waals surface area contributed by atoms with E-state index in [4.69, 9.17) is 19.2 Å². The van der Waals surface area contributed by atoms with Crippen LogP contribution in [0, 0.1) is 0 Å². The second-order valence-electron chi connectivity index (χ2n) is 8.13. The molecule has 34 heavy (non-hydrogen) atoms. The van der Waals surface area contributed by atoms with Crippen LogP contribution in [0.15, 0.2) is 67.0 Å². The predicted molar refractivity (Wildman–Crippen MR) is 132 cm³/mol. The van der Waals surface area contributed by atoms with E-state index in [-0.39, 0.29) is 0 Å². The standard InChI is InChI=1S/C26H29N5O3/c1-32-24-18-20(8-9-23(24)34-15-5-11-30-13-16-33-17-14-30)22-19-25-27-10-12-31(25)26(29-22)28-21-6-3-2-4-7-21/h2-4,6-10,12,18-19H,5,11,13-17H2,1H3,(H,28,29). The normalized spacial score (nSPS) is 14.3. The molecule has 0 atom stereocenters. The SMILES string of the molecule is COc1cc(-c2cc3nccn3c(Nc3ccccc3)n2)ccc1OCCCN1CCOCC1. The van der Waals surface area contributed by atoms with E-state index in [1.54, 1.807) is 13.3 Å². The predicted octanol–water partition coefficient (Wildman–Crippen LogP) is 4.25. The van der Waals surface area contributed by atoms with Gasteiger partial charge in [-0.1, -0.05) is 18.2 Å². The van der Waals surface area contributed by atoms with Crippen LogP contribution in [0.5, 0.6) is 11.5 Å². The van der Waals surface area contributed by atoms with Crippen LogP contribution >= 0.6 is 0 Å². The first kappa shape index (κ1) is 22.2. The van der Waals surface area contributed by atoms with E-state index in [9.17, 15) is 0 Å². The molecule has 1 aliphatic rings. The Labute approximate surface area is 199 Å². The number of benzene rings is 2. The molecule has 1 aliphatic heterocycles. The average Bonchev–Trinajstić information content (AvgIpc) is 3.37. The number of nitrogens with one attached hydrogen (secondary N) is 1. The Morgan fingerprint density at radius 2 is 1.88 bits per heavy atom. The third-order valence-electron chi connectivity index (χ3n) is 5.86. The summed E-state index contributed by atoms with van der Waals surface area (Å²) in [6, 6.07) is 17.9. The molecule has 0 unspecified atom stereocenters. The number of methoxy groups -OCH3 is 1. The first-order valence-electron chi connectivity index (χ1n) is 11.6. The van der Waals surface area contributed by atoms with Crippen molar-refractivity contribution in [2.75, 3.05) is 51.9 Å². The van der Waals surface area contributed by atoms with E-state index < -0.39 is 0 Å². The molecule has 8 heteroatoms. The fourth-order valence-corrected chi connectivity index (χ4v) is 4.05. The largest absolute Gasteiger partial charge is 0.493 e. The number of ether oxygens (including phenoxy) is 3. The van der Waals surface area contributed by atoms with Crippen molar-refractivity contribution in [3.63, 3.8) is 0 Å². The Kier molecular flexibility index (Phi) is 6.88. The molecule has 2 aromatic carbocycles. The van der Waals surface area contributed by atoms with Crippen molar-refractivity contribution in [2.45, 2.75) is 6.42 Å². The van der Waals surface area contributed by atoms with Crippen molar-refractivity contribution in [1.82, 2.24) is 19.3 Å². The van der Waals surface area contributed by atoms with Crippen molar-refractivity contribution in [3.8, 4) is 22.8 Å². The quantitative estimate of drug-likeness (QED) is 0.375. The van der Waals surface area contributed by atoms with Gasteiger partial charge in [0, 0.05) is 49.3 Å². The molecule has 2 aromatic heterocycles. The molecule has 1 saturated heterocycles. The van der Waals surface area contributed by atoms with E-state index >= 15 is 0 Å². The highest BCUT2D eigenvalue weighted by molar-refractivity contribution is 5.70. The van der Waals surface area contributed by atoms with Gasteiger partial charge < -0.3 is 19.5 Å². The van der Waals surface area contributed by atoms with E-state index in [1.165, 1.54) is 0 Å². The third kappa shape index (κ3) is 5.13. The Balaban J connectivity index is 1.32. The molecule has 3 heterocycles. The van der Waals surface area contributed by atoms with Crippen molar-refractivity contribution in [1.29, 1.82) is 0 Å². The summed E-state index contributed by atoms with van der Waals surface area (Å²) in [5, 5.41) is 3.39. The Morgan fingerprint density at radius 1 is 1.03 bits per heavy atom. The molecular formula is C26H29N5O3. The molecule has 4 aromatic rings. The summed E-state index contributed by atoms with van der Waals surface area (Å²) in [6.07, 6.45) is 4.62. The minimum Gasteiger partial charge on any atom is -0.493 e. The number of rotatable bonds is 9. The molecule has 1 fully saturated rings. The molecule has 0 saturated carbocycles. The zero-order valence-electron chi connectivity index (χ0n) is 19.3. The van der Waals surface area contributed by atoms with Gasteiger partial charge >= 0.3 is 0 Å². The topological polar surface area (TPSA) is 73.2 Å². The third-order valence-corrected chi connectivity index (χ3v) is 5.86. The lowest BCUT2D eigenvalue weighted by Crippen LogP contribution is -2.37. The summed E-state index contributed by atoms with van der Waals surface area (Å²) >= 11 is 0. The minimum absolute atomic E-state index is 0.635. The number of hydrogen-bond donors (Lipinski definition) is 1.